The van der Waals surface area contributed by atoms with Crippen molar-refractivity contribution >= 4 is 17.5 Å². The van der Waals surface area contributed by atoms with Gasteiger partial charge >= 0.3 is 6.18 Å². The van der Waals surface area contributed by atoms with Crippen molar-refractivity contribution in [2.75, 3.05) is 17.2 Å². The van der Waals surface area contributed by atoms with Crippen LogP contribution in [0.4, 0.5) is 30.6 Å². The van der Waals surface area contributed by atoms with E-state index in [9.17, 15) is 18.3 Å². The number of pyridine rings is 1. The van der Waals surface area contributed by atoms with Crippen molar-refractivity contribution in [1.29, 1.82) is 0 Å². The van der Waals surface area contributed by atoms with Crippen molar-refractivity contribution in [1.82, 2.24) is 15.0 Å². The van der Waals surface area contributed by atoms with Crippen molar-refractivity contribution in [3.05, 3.63) is 60.4 Å². The number of anilines is 3. The Morgan fingerprint density at radius 3 is 2.57 bits per heavy atom. The lowest BCUT2D eigenvalue weighted by Gasteiger charge is -2.16. The number of aliphatic hydroxyl groups is 1. The molecule has 0 aliphatic carbocycles. The van der Waals surface area contributed by atoms with Crippen LogP contribution in [-0.4, -0.2) is 32.7 Å². The number of nitrogens with zero attached hydrogens (tertiary/aromatic N) is 3. The van der Waals surface area contributed by atoms with Crippen molar-refractivity contribution < 1.29 is 18.3 Å². The Hall–Kier alpha value is -3.20. The van der Waals surface area contributed by atoms with Gasteiger partial charge in [-0.25, -0.2) is 4.98 Å². The van der Waals surface area contributed by atoms with E-state index < -0.39 is 11.7 Å². The predicted molar refractivity (Wildman–Crippen MR) is 100 cm³/mol. The lowest BCUT2D eigenvalue weighted by molar-refractivity contribution is -0.136. The normalized spacial score (nSPS) is 12.5. The molecule has 1 aromatic carbocycles. The third-order valence-electron chi connectivity index (χ3n) is 3.83. The van der Waals surface area contributed by atoms with E-state index in [-0.39, 0.29) is 30.1 Å². The van der Waals surface area contributed by atoms with Crippen LogP contribution in [0.1, 0.15) is 12.5 Å². The SMILES string of the molecule is C[C@@H](CO)Nc1nc(Nc2ccccc2C(F)(F)F)cc(-c2cccnc2)n1. The second-order valence-corrected chi connectivity index (χ2v) is 6.10. The Bertz CT molecular complexity index is 934. The molecule has 0 radical (unpaired) electrons. The first kappa shape index (κ1) is 19.6. The molecule has 2 aromatic heterocycles. The number of aliphatic hydroxyl groups excluding tert-OH is 1. The van der Waals surface area contributed by atoms with Crippen LogP contribution in [0.5, 0.6) is 0 Å². The molecule has 0 fully saturated rings. The molecule has 6 nitrogen and oxygen atoms in total. The second-order valence-electron chi connectivity index (χ2n) is 6.10. The first-order valence-electron chi connectivity index (χ1n) is 8.47. The molecule has 0 bridgehead atoms. The Labute approximate surface area is 159 Å². The average Bonchev–Trinajstić information content (AvgIpc) is 2.68. The Morgan fingerprint density at radius 1 is 1.11 bits per heavy atom. The smallest absolute Gasteiger partial charge is 0.394 e. The summed E-state index contributed by atoms with van der Waals surface area (Å²) in [5, 5.41) is 14.9. The number of rotatable bonds is 6. The van der Waals surface area contributed by atoms with E-state index in [2.05, 4.69) is 25.6 Å². The topological polar surface area (TPSA) is 83.0 Å². The van der Waals surface area contributed by atoms with Gasteiger partial charge in [0.15, 0.2) is 0 Å². The maximum atomic E-state index is 13.3. The van der Waals surface area contributed by atoms with Gasteiger partial charge in [0, 0.05) is 30.1 Å². The molecule has 1 atom stereocenters. The molecular weight excluding hydrogens is 371 g/mol. The highest BCUT2D eigenvalue weighted by atomic mass is 19.4. The molecule has 0 saturated heterocycles. The van der Waals surface area contributed by atoms with Crippen LogP contribution >= 0.6 is 0 Å². The zero-order valence-corrected chi connectivity index (χ0v) is 14.9. The fourth-order valence-electron chi connectivity index (χ4n) is 2.48. The van der Waals surface area contributed by atoms with Crippen LogP contribution in [0.3, 0.4) is 0 Å². The van der Waals surface area contributed by atoms with E-state index in [1.807, 2.05) is 0 Å². The third-order valence-corrected chi connectivity index (χ3v) is 3.83. The van der Waals surface area contributed by atoms with Gasteiger partial charge in [-0.05, 0) is 31.2 Å². The fourth-order valence-corrected chi connectivity index (χ4v) is 2.48. The molecular formula is C19H18F3N5O. The van der Waals surface area contributed by atoms with Gasteiger partial charge in [0.1, 0.15) is 5.82 Å². The van der Waals surface area contributed by atoms with Crippen LogP contribution in [0, 0.1) is 0 Å². The van der Waals surface area contributed by atoms with Crippen LogP contribution < -0.4 is 10.6 Å². The quantitative estimate of drug-likeness (QED) is 0.589. The number of para-hydroxylation sites is 1. The van der Waals surface area contributed by atoms with Crippen molar-refractivity contribution in [3.8, 4) is 11.3 Å². The minimum atomic E-state index is -4.50. The average molecular weight is 389 g/mol. The summed E-state index contributed by atoms with van der Waals surface area (Å²) in [4.78, 5) is 12.6. The van der Waals surface area contributed by atoms with E-state index in [0.29, 0.717) is 11.3 Å². The summed E-state index contributed by atoms with van der Waals surface area (Å²) in [5.74, 6) is 0.355. The molecule has 0 saturated carbocycles. The highest BCUT2D eigenvalue weighted by molar-refractivity contribution is 5.68. The molecule has 3 rings (SSSR count). The van der Waals surface area contributed by atoms with Crippen molar-refractivity contribution in [3.63, 3.8) is 0 Å². The zero-order chi connectivity index (χ0) is 20.1. The maximum Gasteiger partial charge on any atom is 0.418 e. The van der Waals surface area contributed by atoms with Crippen LogP contribution in [0.2, 0.25) is 0 Å². The Balaban J connectivity index is 2.02. The van der Waals surface area contributed by atoms with Crippen molar-refractivity contribution in [2.24, 2.45) is 0 Å². The van der Waals surface area contributed by atoms with Gasteiger partial charge in [-0.2, -0.15) is 18.2 Å². The number of halogens is 3. The molecule has 2 heterocycles. The minimum Gasteiger partial charge on any atom is -0.394 e. The van der Waals surface area contributed by atoms with Crippen LogP contribution in [0.25, 0.3) is 11.3 Å². The molecule has 0 spiro atoms. The monoisotopic (exact) mass is 389 g/mol. The predicted octanol–water partition coefficient (Wildman–Crippen LogP) is 4.09. The van der Waals surface area contributed by atoms with Gasteiger partial charge < -0.3 is 15.7 Å². The van der Waals surface area contributed by atoms with Crippen LogP contribution in [0.15, 0.2) is 54.9 Å². The summed E-state index contributed by atoms with van der Waals surface area (Å²) in [7, 11) is 0. The highest BCUT2D eigenvalue weighted by Crippen LogP contribution is 2.36. The summed E-state index contributed by atoms with van der Waals surface area (Å²) >= 11 is 0. The van der Waals surface area contributed by atoms with Crippen molar-refractivity contribution in [2.45, 2.75) is 19.1 Å². The summed E-state index contributed by atoms with van der Waals surface area (Å²) in [6.45, 7) is 1.58. The molecule has 146 valence electrons. The van der Waals surface area contributed by atoms with E-state index in [0.717, 1.165) is 6.07 Å². The molecule has 9 heteroatoms. The van der Waals surface area contributed by atoms with Gasteiger partial charge in [0.05, 0.1) is 23.6 Å². The lowest BCUT2D eigenvalue weighted by Crippen LogP contribution is -2.21. The number of hydrogen-bond donors (Lipinski definition) is 3. The number of nitrogens with one attached hydrogen (secondary N) is 2. The lowest BCUT2D eigenvalue weighted by atomic mass is 10.1. The summed E-state index contributed by atoms with van der Waals surface area (Å²) < 4.78 is 39.8. The molecule has 3 N–H and O–H groups in total. The molecule has 0 aliphatic rings. The third kappa shape index (κ3) is 4.74. The van der Waals surface area contributed by atoms with Gasteiger partial charge in [-0.3, -0.25) is 4.98 Å². The number of aromatic nitrogens is 3. The fraction of sp³-hybridized carbons (Fsp3) is 0.211. The molecule has 0 unspecified atom stereocenters. The minimum absolute atomic E-state index is 0.119. The Kier molecular flexibility index (Phi) is 5.74. The van der Waals surface area contributed by atoms with E-state index in [1.54, 1.807) is 37.5 Å². The summed E-state index contributed by atoms with van der Waals surface area (Å²) in [6, 6.07) is 9.88. The zero-order valence-electron chi connectivity index (χ0n) is 14.9. The molecule has 3 aromatic rings. The summed E-state index contributed by atoms with van der Waals surface area (Å²) in [6.07, 6.45) is -1.30. The van der Waals surface area contributed by atoms with E-state index >= 15 is 0 Å². The largest absolute Gasteiger partial charge is 0.418 e. The number of alkyl halides is 3. The van der Waals surface area contributed by atoms with E-state index in [1.165, 1.54) is 18.2 Å². The van der Waals surface area contributed by atoms with Gasteiger partial charge in [0.2, 0.25) is 5.95 Å². The second kappa shape index (κ2) is 8.22. The van der Waals surface area contributed by atoms with Gasteiger partial charge in [0.25, 0.3) is 0 Å². The molecule has 0 amide bonds. The maximum absolute atomic E-state index is 13.3. The number of hydrogen-bond acceptors (Lipinski definition) is 6. The first-order valence-corrected chi connectivity index (χ1v) is 8.47. The number of benzene rings is 1. The Morgan fingerprint density at radius 2 is 1.89 bits per heavy atom. The highest BCUT2D eigenvalue weighted by Gasteiger charge is 2.33. The molecule has 28 heavy (non-hydrogen) atoms. The van der Waals surface area contributed by atoms with Gasteiger partial charge in [-0.1, -0.05) is 12.1 Å². The summed E-state index contributed by atoms with van der Waals surface area (Å²) in [5.41, 5.74) is 0.237. The standard InChI is InChI=1S/C19H18F3N5O/c1-12(11-28)24-18-26-16(13-5-4-8-23-10-13)9-17(27-18)25-15-7-3-2-6-14(15)19(20,21)22/h2-10,12,28H,11H2,1H3,(H2,24,25,26,27)/t12-/m0/s1. The first-order chi connectivity index (χ1) is 13.4. The molecule has 0 aliphatic heterocycles. The van der Waals surface area contributed by atoms with Crippen LogP contribution in [-0.2, 0) is 6.18 Å². The van der Waals surface area contributed by atoms with Gasteiger partial charge in [-0.15, -0.1) is 0 Å². The van der Waals surface area contributed by atoms with E-state index in [4.69, 9.17) is 0 Å².